The number of aliphatic hydroxyl groups excluding tert-OH is 1. The standard InChI is InChI=1S/C12H26N2O/c1-3-6-11-7-4-5-8-14(11)12(9-15)10(2)13/h10-12,15H,3-9,13H2,1-2H3. The van der Waals surface area contributed by atoms with Gasteiger partial charge in [0.2, 0.25) is 0 Å². The van der Waals surface area contributed by atoms with Gasteiger partial charge in [0.05, 0.1) is 6.61 Å². The molecule has 1 aliphatic rings. The van der Waals surface area contributed by atoms with Crippen molar-refractivity contribution in [2.24, 2.45) is 5.73 Å². The fourth-order valence-electron chi connectivity index (χ4n) is 2.68. The molecule has 0 spiro atoms. The average molecular weight is 214 g/mol. The molecule has 0 aromatic rings. The summed E-state index contributed by atoms with van der Waals surface area (Å²) in [5.41, 5.74) is 5.93. The summed E-state index contributed by atoms with van der Waals surface area (Å²) in [4.78, 5) is 2.44. The third-order valence-corrected chi connectivity index (χ3v) is 3.51. The summed E-state index contributed by atoms with van der Waals surface area (Å²) in [7, 11) is 0. The fourth-order valence-corrected chi connectivity index (χ4v) is 2.68. The number of aliphatic hydroxyl groups is 1. The molecule has 90 valence electrons. The van der Waals surface area contributed by atoms with Crippen LogP contribution < -0.4 is 5.73 Å². The van der Waals surface area contributed by atoms with Gasteiger partial charge < -0.3 is 10.8 Å². The van der Waals surface area contributed by atoms with Crippen LogP contribution in [-0.2, 0) is 0 Å². The van der Waals surface area contributed by atoms with Crippen LogP contribution in [0.4, 0.5) is 0 Å². The maximum atomic E-state index is 9.41. The molecule has 3 atom stereocenters. The molecule has 15 heavy (non-hydrogen) atoms. The maximum absolute atomic E-state index is 9.41. The second-order valence-corrected chi connectivity index (χ2v) is 4.79. The van der Waals surface area contributed by atoms with Gasteiger partial charge in [0.1, 0.15) is 0 Å². The summed E-state index contributed by atoms with van der Waals surface area (Å²) in [6.45, 7) is 5.53. The summed E-state index contributed by atoms with van der Waals surface area (Å²) in [6, 6.07) is 0.862. The van der Waals surface area contributed by atoms with Crippen molar-refractivity contribution in [3.8, 4) is 0 Å². The largest absolute Gasteiger partial charge is 0.395 e. The minimum Gasteiger partial charge on any atom is -0.395 e. The van der Waals surface area contributed by atoms with E-state index in [0.717, 1.165) is 6.54 Å². The molecule has 0 aromatic heterocycles. The zero-order chi connectivity index (χ0) is 11.3. The van der Waals surface area contributed by atoms with Gasteiger partial charge in [0.15, 0.2) is 0 Å². The molecule has 0 radical (unpaired) electrons. The number of hydrogen-bond donors (Lipinski definition) is 2. The van der Waals surface area contributed by atoms with Crippen LogP contribution in [0.2, 0.25) is 0 Å². The number of likely N-dealkylation sites (tertiary alicyclic amines) is 1. The maximum Gasteiger partial charge on any atom is 0.0601 e. The Balaban J connectivity index is 2.60. The molecule has 1 fully saturated rings. The molecule has 0 aliphatic carbocycles. The lowest BCUT2D eigenvalue weighted by Gasteiger charge is -2.42. The van der Waals surface area contributed by atoms with Crippen molar-refractivity contribution in [2.75, 3.05) is 13.2 Å². The van der Waals surface area contributed by atoms with Crippen LogP contribution in [0, 0.1) is 0 Å². The molecule has 1 saturated heterocycles. The van der Waals surface area contributed by atoms with Crippen molar-refractivity contribution >= 4 is 0 Å². The van der Waals surface area contributed by atoms with Crippen LogP contribution in [-0.4, -0.2) is 41.3 Å². The quantitative estimate of drug-likeness (QED) is 0.726. The first-order chi connectivity index (χ1) is 7.20. The number of rotatable bonds is 5. The van der Waals surface area contributed by atoms with Crippen LogP contribution in [0.15, 0.2) is 0 Å². The van der Waals surface area contributed by atoms with Gasteiger partial charge in [-0.25, -0.2) is 0 Å². The summed E-state index contributed by atoms with van der Waals surface area (Å²) in [5.74, 6) is 0. The van der Waals surface area contributed by atoms with Crippen molar-refractivity contribution in [2.45, 2.75) is 64.1 Å². The molecule has 0 bridgehead atoms. The van der Waals surface area contributed by atoms with E-state index in [1.165, 1.54) is 32.1 Å². The SMILES string of the molecule is CCCC1CCCCN1C(CO)C(C)N. The minimum absolute atomic E-state index is 0.0625. The highest BCUT2D eigenvalue weighted by molar-refractivity contribution is 4.86. The summed E-state index contributed by atoms with van der Waals surface area (Å²) in [6.07, 6.45) is 6.32. The molecule has 0 aromatic carbocycles. The van der Waals surface area contributed by atoms with Gasteiger partial charge in [-0.2, -0.15) is 0 Å². The van der Waals surface area contributed by atoms with E-state index in [1.807, 2.05) is 6.92 Å². The van der Waals surface area contributed by atoms with Gasteiger partial charge in [-0.05, 0) is 32.7 Å². The molecule has 0 amide bonds. The molecule has 3 heteroatoms. The van der Waals surface area contributed by atoms with Gasteiger partial charge in [0.25, 0.3) is 0 Å². The Bertz CT molecular complexity index is 171. The van der Waals surface area contributed by atoms with Gasteiger partial charge >= 0.3 is 0 Å². The second kappa shape index (κ2) is 6.46. The fraction of sp³-hybridized carbons (Fsp3) is 1.00. The van der Waals surface area contributed by atoms with Gasteiger partial charge in [-0.1, -0.05) is 19.8 Å². The Labute approximate surface area is 93.6 Å². The Morgan fingerprint density at radius 2 is 2.20 bits per heavy atom. The second-order valence-electron chi connectivity index (χ2n) is 4.79. The van der Waals surface area contributed by atoms with Crippen LogP contribution >= 0.6 is 0 Å². The van der Waals surface area contributed by atoms with Crippen molar-refractivity contribution < 1.29 is 5.11 Å². The van der Waals surface area contributed by atoms with E-state index >= 15 is 0 Å². The van der Waals surface area contributed by atoms with Crippen molar-refractivity contribution in [3.63, 3.8) is 0 Å². The van der Waals surface area contributed by atoms with Crippen molar-refractivity contribution in [1.29, 1.82) is 0 Å². The zero-order valence-electron chi connectivity index (χ0n) is 10.2. The summed E-state index contributed by atoms with van der Waals surface area (Å²) in [5, 5.41) is 9.41. The molecule has 1 heterocycles. The van der Waals surface area contributed by atoms with E-state index in [1.54, 1.807) is 0 Å². The average Bonchev–Trinajstić information content (AvgIpc) is 2.21. The Kier molecular flexibility index (Phi) is 5.58. The first kappa shape index (κ1) is 12.9. The molecular weight excluding hydrogens is 188 g/mol. The van der Waals surface area contributed by atoms with Crippen LogP contribution in [0.1, 0.15) is 46.0 Å². The van der Waals surface area contributed by atoms with E-state index in [2.05, 4.69) is 11.8 Å². The molecule has 1 rings (SSSR count). The minimum atomic E-state index is 0.0625. The third-order valence-electron chi connectivity index (χ3n) is 3.51. The normalized spacial score (nSPS) is 27.6. The molecule has 0 saturated carbocycles. The van der Waals surface area contributed by atoms with Crippen molar-refractivity contribution in [3.05, 3.63) is 0 Å². The monoisotopic (exact) mass is 214 g/mol. The zero-order valence-corrected chi connectivity index (χ0v) is 10.2. The molecule has 3 nitrogen and oxygen atoms in total. The molecular formula is C12H26N2O. The smallest absolute Gasteiger partial charge is 0.0601 e. The number of nitrogens with zero attached hydrogens (tertiary/aromatic N) is 1. The van der Waals surface area contributed by atoms with E-state index < -0.39 is 0 Å². The predicted molar refractivity (Wildman–Crippen MR) is 63.8 cm³/mol. The van der Waals surface area contributed by atoms with Gasteiger partial charge in [0, 0.05) is 18.1 Å². The first-order valence-corrected chi connectivity index (χ1v) is 6.32. The van der Waals surface area contributed by atoms with Crippen LogP contribution in [0.3, 0.4) is 0 Å². The van der Waals surface area contributed by atoms with Crippen LogP contribution in [0.25, 0.3) is 0 Å². The lowest BCUT2D eigenvalue weighted by atomic mass is 9.94. The highest BCUT2D eigenvalue weighted by atomic mass is 16.3. The Hall–Kier alpha value is -0.120. The van der Waals surface area contributed by atoms with E-state index in [-0.39, 0.29) is 18.7 Å². The Morgan fingerprint density at radius 1 is 1.47 bits per heavy atom. The lowest BCUT2D eigenvalue weighted by molar-refractivity contribution is 0.0424. The number of piperidine rings is 1. The summed E-state index contributed by atoms with van der Waals surface area (Å²) >= 11 is 0. The van der Waals surface area contributed by atoms with E-state index in [9.17, 15) is 5.11 Å². The first-order valence-electron chi connectivity index (χ1n) is 6.32. The molecule has 1 aliphatic heterocycles. The predicted octanol–water partition coefficient (Wildman–Crippen LogP) is 1.35. The summed E-state index contributed by atoms with van der Waals surface area (Å²) < 4.78 is 0. The third kappa shape index (κ3) is 3.44. The van der Waals surface area contributed by atoms with E-state index in [4.69, 9.17) is 5.73 Å². The van der Waals surface area contributed by atoms with Crippen molar-refractivity contribution in [1.82, 2.24) is 4.90 Å². The Morgan fingerprint density at radius 3 is 2.73 bits per heavy atom. The van der Waals surface area contributed by atoms with Gasteiger partial charge in [-0.3, -0.25) is 4.90 Å². The number of hydrogen-bond acceptors (Lipinski definition) is 3. The van der Waals surface area contributed by atoms with Crippen LogP contribution in [0.5, 0.6) is 0 Å². The van der Waals surface area contributed by atoms with E-state index in [0.29, 0.717) is 6.04 Å². The lowest BCUT2D eigenvalue weighted by Crippen LogP contribution is -2.54. The molecule has 3 unspecified atom stereocenters. The van der Waals surface area contributed by atoms with Gasteiger partial charge in [-0.15, -0.1) is 0 Å². The topological polar surface area (TPSA) is 49.5 Å². The highest BCUT2D eigenvalue weighted by Crippen LogP contribution is 2.23. The molecule has 3 N–H and O–H groups in total. The highest BCUT2D eigenvalue weighted by Gasteiger charge is 2.29. The number of nitrogens with two attached hydrogens (primary N) is 1.